The van der Waals surface area contributed by atoms with Crippen LogP contribution in [0.15, 0.2) is 18.2 Å². The third-order valence-electron chi connectivity index (χ3n) is 9.92. The third kappa shape index (κ3) is 8.97. The highest BCUT2D eigenvalue weighted by Gasteiger charge is 2.51. The first-order valence-electron chi connectivity index (χ1n) is 15.7. The number of benzene rings is 1. The predicted octanol–water partition coefficient (Wildman–Crippen LogP) is 5.67. The summed E-state index contributed by atoms with van der Waals surface area (Å²) in [6.07, 6.45) is -0.228. The van der Waals surface area contributed by atoms with Crippen molar-refractivity contribution in [2.75, 3.05) is 39.0 Å². The van der Waals surface area contributed by atoms with Crippen molar-refractivity contribution in [3.8, 4) is 11.8 Å². The molecule has 0 N–H and O–H groups in total. The van der Waals surface area contributed by atoms with Gasteiger partial charge in [0.2, 0.25) is 5.91 Å². The summed E-state index contributed by atoms with van der Waals surface area (Å²) in [7, 11) is -8.09. The maximum Gasteiger partial charge on any atom is 0.264 e. The molecule has 0 spiro atoms. The molecular weight excluding hydrogens is 627 g/mol. The van der Waals surface area contributed by atoms with Crippen molar-refractivity contribution in [1.82, 2.24) is 9.80 Å². The molecule has 1 aromatic rings. The molecule has 45 heavy (non-hydrogen) atoms. The molecule has 1 saturated heterocycles. The number of amides is 1. The second-order valence-corrected chi connectivity index (χ2v) is 27.3. The van der Waals surface area contributed by atoms with Gasteiger partial charge in [-0.25, -0.2) is 0 Å². The minimum Gasteiger partial charge on any atom is -0.485 e. The van der Waals surface area contributed by atoms with E-state index in [2.05, 4.69) is 78.7 Å². The van der Waals surface area contributed by atoms with E-state index in [0.717, 1.165) is 6.26 Å². The Labute approximate surface area is 273 Å². The Morgan fingerprint density at radius 2 is 1.67 bits per heavy atom. The number of fused-ring (bicyclic) bond motifs is 1. The van der Waals surface area contributed by atoms with Crippen LogP contribution in [0, 0.1) is 11.3 Å². The summed E-state index contributed by atoms with van der Waals surface area (Å²) in [4.78, 5) is 17.8. The number of piperazine rings is 1. The molecule has 0 aliphatic carbocycles. The summed E-state index contributed by atoms with van der Waals surface area (Å²) < 4.78 is 50.2. The van der Waals surface area contributed by atoms with Crippen LogP contribution in [0.2, 0.25) is 36.3 Å². The number of rotatable bonds is 10. The SMILES string of the molecule is CC1(C)Oc2ccc(C#N)cc2[C@@H](N2CCN(CC(CO[Si](C)(C)C(C)(C)C)O[Si](C)(C)C(C)(C)C)CC2=O)[C@@H]1OS(C)(=O)=O. The van der Waals surface area contributed by atoms with Crippen LogP contribution >= 0.6 is 0 Å². The fourth-order valence-electron chi connectivity index (χ4n) is 5.22. The molecule has 1 aromatic carbocycles. The average molecular weight is 682 g/mol. The molecule has 1 unspecified atom stereocenters. The van der Waals surface area contributed by atoms with Gasteiger partial charge in [0.15, 0.2) is 16.6 Å². The van der Waals surface area contributed by atoms with Crippen molar-refractivity contribution < 1.29 is 31.0 Å². The van der Waals surface area contributed by atoms with Crippen LogP contribution < -0.4 is 4.74 Å². The Hall–Kier alpha value is -1.80. The average Bonchev–Trinajstić information content (AvgIpc) is 2.86. The minimum atomic E-state index is -3.90. The Morgan fingerprint density at radius 1 is 1.07 bits per heavy atom. The van der Waals surface area contributed by atoms with E-state index in [1.165, 1.54) is 0 Å². The van der Waals surface area contributed by atoms with Crippen LogP contribution in [0.25, 0.3) is 0 Å². The van der Waals surface area contributed by atoms with Crippen molar-refractivity contribution in [2.24, 2.45) is 0 Å². The molecule has 13 heteroatoms. The Morgan fingerprint density at radius 3 is 2.18 bits per heavy atom. The topological polar surface area (TPSA) is 118 Å². The van der Waals surface area contributed by atoms with Gasteiger partial charge in [-0.15, -0.1) is 0 Å². The largest absolute Gasteiger partial charge is 0.485 e. The number of carbonyl (C=O) groups is 1. The Balaban J connectivity index is 1.90. The van der Waals surface area contributed by atoms with Gasteiger partial charge >= 0.3 is 0 Å². The van der Waals surface area contributed by atoms with Crippen LogP contribution in [0.5, 0.6) is 5.75 Å². The van der Waals surface area contributed by atoms with Crippen LogP contribution in [0.4, 0.5) is 0 Å². The Bertz CT molecular complexity index is 1390. The van der Waals surface area contributed by atoms with Gasteiger partial charge in [-0.2, -0.15) is 13.7 Å². The number of ether oxygens (including phenoxy) is 1. The van der Waals surface area contributed by atoms with E-state index in [0.29, 0.717) is 43.1 Å². The fourth-order valence-corrected chi connectivity index (χ4v) is 8.30. The summed E-state index contributed by atoms with van der Waals surface area (Å²) in [5, 5.41) is 9.67. The maximum absolute atomic E-state index is 14.0. The van der Waals surface area contributed by atoms with Crippen LogP contribution in [0.3, 0.4) is 0 Å². The highest BCUT2D eigenvalue weighted by molar-refractivity contribution is 7.86. The zero-order valence-electron chi connectivity index (χ0n) is 29.6. The lowest BCUT2D eigenvalue weighted by molar-refractivity contribution is -0.148. The smallest absolute Gasteiger partial charge is 0.264 e. The quantitative estimate of drug-likeness (QED) is 0.227. The van der Waals surface area contributed by atoms with Crippen molar-refractivity contribution in [3.05, 3.63) is 29.3 Å². The molecule has 254 valence electrons. The molecule has 0 radical (unpaired) electrons. The van der Waals surface area contributed by atoms with Crippen LogP contribution in [-0.4, -0.2) is 97.6 Å². The molecule has 0 aromatic heterocycles. The first-order chi connectivity index (χ1) is 20.3. The summed E-state index contributed by atoms with van der Waals surface area (Å²) in [6.45, 7) is 27.8. The van der Waals surface area contributed by atoms with Gasteiger partial charge in [-0.05, 0) is 68.3 Å². The molecule has 1 amide bonds. The lowest BCUT2D eigenvalue weighted by Gasteiger charge is -2.49. The lowest BCUT2D eigenvalue weighted by atomic mass is 9.84. The molecule has 0 bridgehead atoms. The van der Waals surface area contributed by atoms with E-state index in [1.807, 2.05) is 0 Å². The zero-order valence-corrected chi connectivity index (χ0v) is 32.4. The number of carbonyl (C=O) groups excluding carboxylic acids is 1. The highest BCUT2D eigenvalue weighted by atomic mass is 32.2. The maximum atomic E-state index is 14.0. The van der Waals surface area contributed by atoms with Crippen molar-refractivity contribution in [3.63, 3.8) is 0 Å². The second kappa shape index (κ2) is 13.0. The van der Waals surface area contributed by atoms with E-state index >= 15 is 0 Å². The molecular formula is C32H55N3O7SSi2. The van der Waals surface area contributed by atoms with Gasteiger partial charge < -0.3 is 18.5 Å². The molecule has 2 heterocycles. The van der Waals surface area contributed by atoms with Gasteiger partial charge in [0, 0.05) is 25.2 Å². The van der Waals surface area contributed by atoms with Gasteiger partial charge in [0.25, 0.3) is 10.1 Å². The first kappa shape index (κ1) is 37.7. The fraction of sp³-hybridized carbons (Fsp3) is 0.750. The monoisotopic (exact) mass is 681 g/mol. The lowest BCUT2D eigenvalue weighted by Crippen LogP contribution is -2.61. The number of nitrogens with zero attached hydrogens (tertiary/aromatic N) is 3. The van der Waals surface area contributed by atoms with Gasteiger partial charge in [0.05, 0.1) is 43.2 Å². The van der Waals surface area contributed by atoms with E-state index < -0.39 is 44.5 Å². The molecule has 2 aliphatic heterocycles. The number of nitriles is 1. The van der Waals surface area contributed by atoms with Crippen molar-refractivity contribution in [1.29, 1.82) is 5.26 Å². The minimum absolute atomic E-state index is 0.0108. The summed E-state index contributed by atoms with van der Waals surface area (Å²) in [5.74, 6) is 0.342. The molecule has 10 nitrogen and oxygen atoms in total. The standard InChI is InChI=1S/C32H55N3O7SSi2/c1-30(2,3)44(10,11)39-22-24(42-45(12,13)31(4,5)6)20-34-16-17-35(27(36)21-34)28-25-18-23(19-33)14-15-26(25)40-32(7,8)29(28)41-43(9,37)38/h14-15,18,24,28-29H,16-17,20-22H2,1-13H3/t24?,28-,29+/m1/s1. The van der Waals surface area contributed by atoms with Gasteiger partial charge in [0.1, 0.15) is 17.5 Å². The van der Waals surface area contributed by atoms with Crippen LogP contribution in [-0.2, 0) is 27.9 Å². The number of hydrogen-bond donors (Lipinski definition) is 0. The second-order valence-electron chi connectivity index (χ2n) is 16.1. The third-order valence-corrected chi connectivity index (χ3v) is 19.5. The summed E-state index contributed by atoms with van der Waals surface area (Å²) >= 11 is 0. The predicted molar refractivity (Wildman–Crippen MR) is 182 cm³/mol. The highest BCUT2D eigenvalue weighted by Crippen LogP contribution is 2.46. The normalized spacial score (nSPS) is 22.4. The molecule has 3 atom stereocenters. The zero-order chi connectivity index (χ0) is 34.4. The van der Waals surface area contributed by atoms with Gasteiger partial charge in [-0.1, -0.05) is 41.5 Å². The van der Waals surface area contributed by atoms with Gasteiger partial charge in [-0.3, -0.25) is 13.9 Å². The van der Waals surface area contributed by atoms with E-state index in [4.69, 9.17) is 17.8 Å². The van der Waals surface area contributed by atoms with Crippen molar-refractivity contribution in [2.45, 2.75) is 116 Å². The molecule has 3 rings (SSSR count). The Kier molecular flexibility index (Phi) is 10.9. The molecule has 0 saturated carbocycles. The summed E-state index contributed by atoms with van der Waals surface area (Å²) in [6, 6.07) is 6.39. The van der Waals surface area contributed by atoms with Crippen LogP contribution in [0.1, 0.15) is 72.6 Å². The van der Waals surface area contributed by atoms with E-state index in [9.17, 15) is 18.5 Å². The van der Waals surface area contributed by atoms with E-state index in [1.54, 1.807) is 36.9 Å². The summed E-state index contributed by atoms with van der Waals surface area (Å²) in [5.41, 5.74) is -0.125. The first-order valence-corrected chi connectivity index (χ1v) is 23.4. The van der Waals surface area contributed by atoms with Crippen molar-refractivity contribution >= 4 is 32.7 Å². The molecule has 1 fully saturated rings. The van der Waals surface area contributed by atoms with E-state index in [-0.39, 0.29) is 28.6 Å². The number of hydrogen-bond acceptors (Lipinski definition) is 9. The molecule has 2 aliphatic rings.